The Balaban J connectivity index is 2.08. The lowest BCUT2D eigenvalue weighted by atomic mass is 9.86. The van der Waals surface area contributed by atoms with Gasteiger partial charge in [0.25, 0.3) is 0 Å². The summed E-state index contributed by atoms with van der Waals surface area (Å²) >= 11 is 0. The van der Waals surface area contributed by atoms with Gasteiger partial charge < -0.3 is 30.1 Å². The Hall–Kier alpha value is -4.08. The highest BCUT2D eigenvalue weighted by molar-refractivity contribution is 5.94. The van der Waals surface area contributed by atoms with Crippen molar-refractivity contribution in [3.05, 3.63) is 64.7 Å². The smallest absolute Gasteiger partial charge is 0.408 e. The molecule has 0 saturated heterocycles. The van der Waals surface area contributed by atoms with Gasteiger partial charge in [-0.3, -0.25) is 14.4 Å². The van der Waals surface area contributed by atoms with E-state index in [0.717, 1.165) is 17.5 Å². The van der Waals surface area contributed by atoms with Crippen LogP contribution in [0.4, 0.5) is 4.79 Å². The standard InChI is InChI=1S/C31H41N3O7/c1-19-9-7-10-20(2)26(19)27(28(37)32-18-25(36)40-6)34(22-11-8-12-22)29(38)24(33-30(39)41-31(3,4)5)17-21-13-15-23(35)16-14-21/h7,9-10,13-16,22,24,27,35H,8,11-12,17-18H2,1-6H3,(H,32,37)(H,33,39). The number of phenols is 1. The molecule has 2 atom stereocenters. The number of carbonyl (C=O) groups is 4. The summed E-state index contributed by atoms with van der Waals surface area (Å²) in [7, 11) is 1.23. The molecule has 0 aromatic heterocycles. The highest BCUT2D eigenvalue weighted by Crippen LogP contribution is 2.36. The number of aromatic hydroxyl groups is 1. The number of nitrogens with one attached hydrogen (secondary N) is 2. The lowest BCUT2D eigenvalue weighted by Gasteiger charge is -2.44. The van der Waals surface area contributed by atoms with Crippen molar-refractivity contribution in [3.8, 4) is 5.75 Å². The second-order valence-corrected chi connectivity index (χ2v) is 11.4. The number of rotatable bonds is 10. The molecule has 0 aliphatic heterocycles. The predicted octanol–water partition coefficient (Wildman–Crippen LogP) is 3.86. The van der Waals surface area contributed by atoms with Crippen molar-refractivity contribution in [2.75, 3.05) is 13.7 Å². The fraction of sp³-hybridized carbons (Fsp3) is 0.484. The summed E-state index contributed by atoms with van der Waals surface area (Å²) in [5, 5.41) is 15.1. The van der Waals surface area contributed by atoms with E-state index in [4.69, 9.17) is 9.47 Å². The van der Waals surface area contributed by atoms with Gasteiger partial charge in [-0.15, -0.1) is 0 Å². The molecular weight excluding hydrogens is 526 g/mol. The number of hydrogen-bond donors (Lipinski definition) is 3. The molecule has 0 radical (unpaired) electrons. The molecule has 3 amide bonds. The third-order valence-electron chi connectivity index (χ3n) is 7.06. The zero-order valence-electron chi connectivity index (χ0n) is 24.7. The SMILES string of the molecule is COC(=O)CNC(=O)C(c1c(C)cccc1C)N(C(=O)C(Cc1ccc(O)cc1)NC(=O)OC(C)(C)C)C1CCC1. The van der Waals surface area contributed by atoms with Crippen LogP contribution in [-0.4, -0.2) is 65.2 Å². The van der Waals surface area contributed by atoms with Crippen molar-refractivity contribution >= 4 is 23.9 Å². The Morgan fingerprint density at radius 2 is 1.63 bits per heavy atom. The number of hydrogen-bond acceptors (Lipinski definition) is 7. The van der Waals surface area contributed by atoms with Crippen LogP contribution in [0.25, 0.3) is 0 Å². The normalized spacial score (nSPS) is 14.7. The Labute approximate surface area is 241 Å². The molecule has 2 aromatic rings. The number of nitrogens with zero attached hydrogens (tertiary/aromatic N) is 1. The topological polar surface area (TPSA) is 134 Å². The van der Waals surface area contributed by atoms with Gasteiger partial charge in [0.1, 0.15) is 30.0 Å². The lowest BCUT2D eigenvalue weighted by molar-refractivity contribution is -0.148. The summed E-state index contributed by atoms with van der Waals surface area (Å²) in [6.45, 7) is 8.58. The minimum absolute atomic E-state index is 0.0743. The zero-order valence-corrected chi connectivity index (χ0v) is 24.7. The number of phenolic OH excluding ortho intramolecular Hbond substituents is 1. The van der Waals surface area contributed by atoms with E-state index in [2.05, 4.69) is 10.6 Å². The average Bonchev–Trinajstić information content (AvgIpc) is 2.86. The van der Waals surface area contributed by atoms with E-state index in [1.165, 1.54) is 19.2 Å². The second-order valence-electron chi connectivity index (χ2n) is 11.4. The number of alkyl carbamates (subject to hydrolysis) is 1. The van der Waals surface area contributed by atoms with Gasteiger partial charge in [0.2, 0.25) is 11.8 Å². The highest BCUT2D eigenvalue weighted by atomic mass is 16.6. The van der Waals surface area contributed by atoms with E-state index in [1.807, 2.05) is 32.0 Å². The second kappa shape index (κ2) is 13.5. The molecular formula is C31H41N3O7. The first-order valence-corrected chi connectivity index (χ1v) is 13.8. The monoisotopic (exact) mass is 567 g/mol. The summed E-state index contributed by atoms with van der Waals surface area (Å²) in [6, 6.07) is 9.61. The number of methoxy groups -OCH3 is 1. The minimum atomic E-state index is -1.07. The van der Waals surface area contributed by atoms with Gasteiger partial charge >= 0.3 is 12.1 Å². The Kier molecular flexibility index (Phi) is 10.4. The Morgan fingerprint density at radius 3 is 2.15 bits per heavy atom. The molecule has 0 bridgehead atoms. The molecule has 1 fully saturated rings. The maximum Gasteiger partial charge on any atom is 0.408 e. The summed E-state index contributed by atoms with van der Waals surface area (Å²) in [5.74, 6) is -1.51. The highest BCUT2D eigenvalue weighted by Gasteiger charge is 2.43. The number of benzene rings is 2. The van der Waals surface area contributed by atoms with Crippen LogP contribution in [-0.2, 0) is 30.3 Å². The lowest BCUT2D eigenvalue weighted by Crippen LogP contribution is -2.58. The molecule has 41 heavy (non-hydrogen) atoms. The van der Waals surface area contributed by atoms with Gasteiger partial charge in [0.05, 0.1) is 7.11 Å². The molecule has 3 N–H and O–H groups in total. The number of esters is 1. The van der Waals surface area contributed by atoms with Crippen LogP contribution >= 0.6 is 0 Å². The van der Waals surface area contributed by atoms with E-state index in [0.29, 0.717) is 24.0 Å². The summed E-state index contributed by atoms with van der Waals surface area (Å²) < 4.78 is 10.2. The molecule has 0 spiro atoms. The van der Waals surface area contributed by atoms with Gasteiger partial charge in [-0.2, -0.15) is 0 Å². The van der Waals surface area contributed by atoms with E-state index in [-0.39, 0.29) is 24.8 Å². The molecule has 1 saturated carbocycles. The van der Waals surface area contributed by atoms with Crippen LogP contribution in [0.3, 0.4) is 0 Å². The van der Waals surface area contributed by atoms with Gasteiger partial charge in [-0.05, 0) is 88.3 Å². The molecule has 222 valence electrons. The van der Waals surface area contributed by atoms with E-state index < -0.39 is 41.6 Å². The minimum Gasteiger partial charge on any atom is -0.508 e. The molecule has 10 heteroatoms. The first-order chi connectivity index (χ1) is 19.3. The van der Waals surface area contributed by atoms with Crippen molar-refractivity contribution in [2.24, 2.45) is 0 Å². The van der Waals surface area contributed by atoms with Crippen LogP contribution in [0.5, 0.6) is 5.75 Å². The Morgan fingerprint density at radius 1 is 1.02 bits per heavy atom. The first kappa shape index (κ1) is 31.4. The van der Waals surface area contributed by atoms with Crippen molar-refractivity contribution < 1.29 is 33.8 Å². The number of aryl methyl sites for hydroxylation is 2. The summed E-state index contributed by atoms with van der Waals surface area (Å²) in [6.07, 6.45) is 1.61. The molecule has 1 aliphatic carbocycles. The maximum absolute atomic E-state index is 14.5. The number of amides is 3. The molecule has 2 unspecified atom stereocenters. The van der Waals surface area contributed by atoms with E-state index in [9.17, 15) is 24.3 Å². The fourth-order valence-electron chi connectivity index (χ4n) is 4.86. The molecule has 0 heterocycles. The predicted molar refractivity (Wildman–Crippen MR) is 153 cm³/mol. The van der Waals surface area contributed by atoms with Crippen molar-refractivity contribution in [1.82, 2.24) is 15.5 Å². The number of carbonyl (C=O) groups excluding carboxylic acids is 4. The fourth-order valence-corrected chi connectivity index (χ4v) is 4.86. The molecule has 10 nitrogen and oxygen atoms in total. The largest absolute Gasteiger partial charge is 0.508 e. The third-order valence-corrected chi connectivity index (χ3v) is 7.06. The van der Waals surface area contributed by atoms with Gasteiger partial charge in [0.15, 0.2) is 0 Å². The Bertz CT molecular complexity index is 1230. The van der Waals surface area contributed by atoms with Crippen molar-refractivity contribution in [1.29, 1.82) is 0 Å². The van der Waals surface area contributed by atoms with Crippen LogP contribution in [0.15, 0.2) is 42.5 Å². The molecule has 2 aromatic carbocycles. The van der Waals surface area contributed by atoms with Crippen LogP contribution in [0.1, 0.15) is 68.3 Å². The average molecular weight is 568 g/mol. The van der Waals surface area contributed by atoms with Gasteiger partial charge in [-0.1, -0.05) is 30.3 Å². The van der Waals surface area contributed by atoms with Gasteiger partial charge in [0, 0.05) is 12.5 Å². The van der Waals surface area contributed by atoms with E-state index in [1.54, 1.807) is 37.8 Å². The quantitative estimate of drug-likeness (QED) is 0.371. The third kappa shape index (κ3) is 8.45. The number of ether oxygens (including phenoxy) is 2. The first-order valence-electron chi connectivity index (χ1n) is 13.8. The zero-order chi connectivity index (χ0) is 30.3. The van der Waals surface area contributed by atoms with Crippen molar-refractivity contribution in [2.45, 2.75) is 84.0 Å². The summed E-state index contributed by atoms with van der Waals surface area (Å²) in [4.78, 5) is 54.7. The molecule has 3 rings (SSSR count). The van der Waals surface area contributed by atoms with Crippen molar-refractivity contribution in [3.63, 3.8) is 0 Å². The van der Waals surface area contributed by atoms with E-state index >= 15 is 0 Å². The summed E-state index contributed by atoms with van der Waals surface area (Å²) in [5.41, 5.74) is 2.20. The van der Waals surface area contributed by atoms with Gasteiger partial charge in [-0.25, -0.2) is 4.79 Å². The van der Waals surface area contributed by atoms with Crippen LogP contribution in [0, 0.1) is 13.8 Å². The van der Waals surface area contributed by atoms with Crippen LogP contribution < -0.4 is 10.6 Å². The van der Waals surface area contributed by atoms with Crippen LogP contribution in [0.2, 0.25) is 0 Å². The molecule has 1 aliphatic rings. The maximum atomic E-state index is 14.5.